The molecule has 0 unspecified atom stereocenters. The molecule has 0 aromatic heterocycles. The van der Waals surface area contributed by atoms with Crippen molar-refractivity contribution in [3.8, 4) is 0 Å². The summed E-state index contributed by atoms with van der Waals surface area (Å²) in [6, 6.07) is 0. The van der Waals surface area contributed by atoms with Crippen LogP contribution >= 0.6 is 0 Å². The van der Waals surface area contributed by atoms with Crippen molar-refractivity contribution in [3.63, 3.8) is 0 Å². The van der Waals surface area contributed by atoms with Crippen molar-refractivity contribution in [2.75, 3.05) is 60.6 Å². The van der Waals surface area contributed by atoms with Crippen LogP contribution in [0.5, 0.6) is 0 Å². The Morgan fingerprint density at radius 1 is 1.28 bits per heavy atom. The van der Waals surface area contributed by atoms with Gasteiger partial charge in [-0.25, -0.2) is 4.99 Å². The van der Waals surface area contributed by atoms with Gasteiger partial charge in [-0.15, -0.1) is 0 Å². The maximum atomic E-state index is 11.8. The van der Waals surface area contributed by atoms with E-state index in [2.05, 4.69) is 29.1 Å². The number of carbonyl (C=O) groups is 1. The predicted molar refractivity (Wildman–Crippen MR) is 101 cm³/mol. The first-order valence-electron chi connectivity index (χ1n) is 9.28. The van der Waals surface area contributed by atoms with Gasteiger partial charge in [0.25, 0.3) is 0 Å². The van der Waals surface area contributed by atoms with Crippen molar-refractivity contribution in [2.45, 2.75) is 39.2 Å². The van der Waals surface area contributed by atoms with Crippen LogP contribution < -0.4 is 5.32 Å². The maximum absolute atomic E-state index is 11.8. The Hall–Kier alpha value is -1.34. The van der Waals surface area contributed by atoms with Crippen LogP contribution in [0.4, 0.5) is 0 Å². The van der Waals surface area contributed by atoms with E-state index in [4.69, 9.17) is 9.47 Å². The Balaban J connectivity index is 2.50. The Bertz CT molecular complexity index is 405. The number of hydrogen-bond donors (Lipinski definition) is 1. The van der Waals surface area contributed by atoms with Gasteiger partial charge in [-0.05, 0) is 25.2 Å². The fourth-order valence-corrected chi connectivity index (χ4v) is 2.53. The van der Waals surface area contributed by atoms with Crippen LogP contribution in [0.3, 0.4) is 0 Å². The van der Waals surface area contributed by atoms with Gasteiger partial charge in [-0.3, -0.25) is 4.79 Å². The summed E-state index contributed by atoms with van der Waals surface area (Å²) in [5.74, 6) is 1.37. The Morgan fingerprint density at radius 3 is 2.52 bits per heavy atom. The van der Waals surface area contributed by atoms with Gasteiger partial charge in [-0.2, -0.15) is 0 Å². The summed E-state index contributed by atoms with van der Waals surface area (Å²) >= 11 is 0. The number of piperidine rings is 1. The first kappa shape index (κ1) is 21.7. The second-order valence-corrected chi connectivity index (χ2v) is 7.11. The van der Waals surface area contributed by atoms with Crippen molar-refractivity contribution in [1.29, 1.82) is 0 Å². The van der Waals surface area contributed by atoms with Crippen LogP contribution in [-0.4, -0.2) is 88.4 Å². The number of amides is 1. The molecule has 1 saturated heterocycles. The summed E-state index contributed by atoms with van der Waals surface area (Å²) in [7, 11) is 5.22. The van der Waals surface area contributed by atoms with E-state index in [1.807, 2.05) is 0 Å². The first-order chi connectivity index (χ1) is 11.9. The van der Waals surface area contributed by atoms with Gasteiger partial charge >= 0.3 is 0 Å². The fraction of sp³-hybridized carbons (Fsp3) is 0.889. The zero-order chi connectivity index (χ0) is 18.7. The number of rotatable bonds is 9. The van der Waals surface area contributed by atoms with Gasteiger partial charge in [0.05, 0.1) is 6.10 Å². The summed E-state index contributed by atoms with van der Waals surface area (Å²) in [5.41, 5.74) is 0. The molecule has 0 atom stereocenters. The SMILES string of the molecule is COCCCOC1CCN(C(=NCC(=O)N(C)C)NCC(C)C)CC1. The zero-order valence-corrected chi connectivity index (χ0v) is 16.6. The topological polar surface area (TPSA) is 66.4 Å². The van der Waals surface area contributed by atoms with E-state index in [0.717, 1.165) is 58.1 Å². The number of likely N-dealkylation sites (tertiary alicyclic amines) is 1. The molecule has 146 valence electrons. The quantitative estimate of drug-likeness (QED) is 0.382. The smallest absolute Gasteiger partial charge is 0.243 e. The lowest BCUT2D eigenvalue weighted by molar-refractivity contribution is -0.127. The van der Waals surface area contributed by atoms with Crippen LogP contribution in [0.15, 0.2) is 4.99 Å². The van der Waals surface area contributed by atoms with Crippen LogP contribution in [0, 0.1) is 5.92 Å². The van der Waals surface area contributed by atoms with E-state index < -0.39 is 0 Å². The molecule has 1 N–H and O–H groups in total. The third-order valence-electron chi connectivity index (χ3n) is 4.12. The molecule has 1 fully saturated rings. The number of hydrogen-bond acceptors (Lipinski definition) is 4. The highest BCUT2D eigenvalue weighted by Crippen LogP contribution is 2.14. The van der Waals surface area contributed by atoms with Gasteiger partial charge in [0.1, 0.15) is 6.54 Å². The molecule has 0 aromatic rings. The molecule has 1 aliphatic heterocycles. The largest absolute Gasteiger partial charge is 0.385 e. The van der Waals surface area contributed by atoms with E-state index in [1.54, 1.807) is 26.1 Å². The molecule has 0 aromatic carbocycles. The highest BCUT2D eigenvalue weighted by atomic mass is 16.5. The van der Waals surface area contributed by atoms with Gasteiger partial charge in [0, 0.05) is 54.1 Å². The third-order valence-corrected chi connectivity index (χ3v) is 4.12. The van der Waals surface area contributed by atoms with E-state index >= 15 is 0 Å². The van der Waals surface area contributed by atoms with Gasteiger partial charge in [-0.1, -0.05) is 13.8 Å². The van der Waals surface area contributed by atoms with Crippen LogP contribution in [0.1, 0.15) is 33.1 Å². The summed E-state index contributed by atoms with van der Waals surface area (Å²) in [4.78, 5) is 20.2. The summed E-state index contributed by atoms with van der Waals surface area (Å²) < 4.78 is 11.0. The monoisotopic (exact) mass is 356 g/mol. The fourth-order valence-electron chi connectivity index (χ4n) is 2.53. The van der Waals surface area contributed by atoms with E-state index in [-0.39, 0.29) is 12.5 Å². The first-order valence-corrected chi connectivity index (χ1v) is 9.28. The number of ether oxygens (including phenoxy) is 2. The average Bonchev–Trinajstić information content (AvgIpc) is 2.59. The molecule has 7 heteroatoms. The van der Waals surface area contributed by atoms with Crippen molar-refractivity contribution in [1.82, 2.24) is 15.1 Å². The number of nitrogens with one attached hydrogen (secondary N) is 1. The third kappa shape index (κ3) is 9.07. The molecular formula is C18H36N4O3. The number of nitrogens with zero attached hydrogens (tertiary/aromatic N) is 3. The maximum Gasteiger partial charge on any atom is 0.243 e. The molecule has 0 bridgehead atoms. The van der Waals surface area contributed by atoms with Crippen LogP contribution in [0.2, 0.25) is 0 Å². The van der Waals surface area contributed by atoms with Crippen molar-refractivity contribution < 1.29 is 14.3 Å². The Kier molecular flexibility index (Phi) is 10.5. The lowest BCUT2D eigenvalue weighted by atomic mass is 10.1. The highest BCUT2D eigenvalue weighted by Gasteiger charge is 2.22. The molecule has 0 radical (unpaired) electrons. The predicted octanol–water partition coefficient (Wildman–Crippen LogP) is 1.19. The second kappa shape index (κ2) is 12.1. The summed E-state index contributed by atoms with van der Waals surface area (Å²) in [6.07, 6.45) is 3.21. The number of methoxy groups -OCH3 is 1. The molecule has 0 aliphatic carbocycles. The molecule has 25 heavy (non-hydrogen) atoms. The molecule has 1 aliphatic rings. The van der Waals surface area contributed by atoms with Crippen LogP contribution in [-0.2, 0) is 14.3 Å². The van der Waals surface area contributed by atoms with E-state index in [0.29, 0.717) is 12.0 Å². The molecule has 0 saturated carbocycles. The lowest BCUT2D eigenvalue weighted by Crippen LogP contribution is -2.48. The summed E-state index contributed by atoms with van der Waals surface area (Å²) in [5, 5.41) is 3.41. The number of likely N-dealkylation sites (N-methyl/N-ethyl adjacent to an activating group) is 1. The van der Waals surface area contributed by atoms with Gasteiger partial charge in [0.15, 0.2) is 5.96 Å². The Morgan fingerprint density at radius 2 is 1.96 bits per heavy atom. The highest BCUT2D eigenvalue weighted by molar-refractivity contribution is 5.84. The normalized spacial score (nSPS) is 16.4. The van der Waals surface area contributed by atoms with Crippen LogP contribution in [0.25, 0.3) is 0 Å². The van der Waals surface area contributed by atoms with Gasteiger partial charge in [0.2, 0.25) is 5.91 Å². The van der Waals surface area contributed by atoms with E-state index in [9.17, 15) is 4.79 Å². The second-order valence-electron chi connectivity index (χ2n) is 7.11. The number of guanidine groups is 1. The van der Waals surface area contributed by atoms with Crippen molar-refractivity contribution >= 4 is 11.9 Å². The minimum atomic E-state index is 0.0141. The van der Waals surface area contributed by atoms with Gasteiger partial charge < -0.3 is 24.6 Å². The van der Waals surface area contributed by atoms with Crippen molar-refractivity contribution in [3.05, 3.63) is 0 Å². The molecule has 1 amide bonds. The molecule has 1 rings (SSSR count). The molecular weight excluding hydrogens is 320 g/mol. The Labute approximate surface area is 152 Å². The molecule has 0 spiro atoms. The lowest BCUT2D eigenvalue weighted by Gasteiger charge is -2.34. The molecule has 1 heterocycles. The minimum Gasteiger partial charge on any atom is -0.385 e. The average molecular weight is 357 g/mol. The standard InChI is InChI=1S/C18H36N4O3/c1-15(2)13-19-18(20-14-17(23)21(3)4)22-9-7-16(8-10-22)25-12-6-11-24-5/h15-16H,6-14H2,1-5H3,(H,19,20). The summed E-state index contributed by atoms with van der Waals surface area (Å²) in [6.45, 7) is 8.65. The molecule has 7 nitrogen and oxygen atoms in total. The minimum absolute atomic E-state index is 0.0141. The number of carbonyl (C=O) groups excluding carboxylic acids is 1. The van der Waals surface area contributed by atoms with E-state index in [1.165, 1.54) is 0 Å². The number of aliphatic imine (C=N–C) groups is 1. The van der Waals surface area contributed by atoms with Crippen molar-refractivity contribution in [2.24, 2.45) is 10.9 Å². The zero-order valence-electron chi connectivity index (χ0n) is 16.6.